The van der Waals surface area contributed by atoms with Gasteiger partial charge < -0.3 is 20.3 Å². The number of pyridine rings is 1. The first-order chi connectivity index (χ1) is 23.0. The van der Waals surface area contributed by atoms with Gasteiger partial charge in [0.2, 0.25) is 11.8 Å². The van der Waals surface area contributed by atoms with Crippen molar-refractivity contribution >= 4 is 35.0 Å². The summed E-state index contributed by atoms with van der Waals surface area (Å²) in [6.45, 7) is 7.06. The van der Waals surface area contributed by atoms with Gasteiger partial charge in [-0.1, -0.05) is 36.4 Å². The first-order valence-electron chi connectivity index (χ1n) is 16.0. The Labute approximate surface area is 284 Å². The third-order valence-corrected chi connectivity index (χ3v) is 10.2. The average molecular weight is 672 g/mol. The number of likely N-dealkylation sites (N-methyl/N-ethyl adjacent to an activating group) is 1. The fourth-order valence-corrected chi connectivity index (χ4v) is 7.67. The molecule has 0 radical (unpaired) electrons. The van der Waals surface area contributed by atoms with Crippen LogP contribution < -0.4 is 15.4 Å². The molecule has 2 unspecified atom stereocenters. The molecule has 3 heterocycles. The van der Waals surface area contributed by atoms with Gasteiger partial charge in [-0.25, -0.2) is 9.37 Å². The minimum Gasteiger partial charge on any atom is -0.481 e. The van der Waals surface area contributed by atoms with Gasteiger partial charge in [-0.05, 0) is 79.6 Å². The van der Waals surface area contributed by atoms with Crippen molar-refractivity contribution in [3.63, 3.8) is 0 Å². The Morgan fingerprint density at radius 1 is 1.21 bits per heavy atom. The predicted octanol–water partition coefficient (Wildman–Crippen LogP) is 6.01. The molecule has 48 heavy (non-hydrogen) atoms. The second kappa shape index (κ2) is 13.2. The number of carbonyl (C=O) groups is 3. The average Bonchev–Trinajstić information content (AvgIpc) is 3.78. The van der Waals surface area contributed by atoms with Crippen molar-refractivity contribution in [3.8, 4) is 28.3 Å². The lowest BCUT2D eigenvalue weighted by atomic mass is 9.95. The summed E-state index contributed by atoms with van der Waals surface area (Å²) in [4.78, 5) is 46.4. The first kappa shape index (κ1) is 33.4. The van der Waals surface area contributed by atoms with E-state index in [1.165, 1.54) is 23.1 Å². The number of hydrogen-bond acceptors (Lipinski definition) is 6. The first-order valence-corrected chi connectivity index (χ1v) is 16.4. The van der Waals surface area contributed by atoms with E-state index in [1.54, 1.807) is 52.4 Å². The molecule has 9 nitrogen and oxygen atoms in total. The zero-order valence-corrected chi connectivity index (χ0v) is 28.3. The molecular formula is C37H39ClFN5O4. The summed E-state index contributed by atoms with van der Waals surface area (Å²) < 4.78 is 21.5. The van der Waals surface area contributed by atoms with Crippen LogP contribution in [-0.2, 0) is 20.8 Å². The van der Waals surface area contributed by atoms with Gasteiger partial charge in [-0.2, -0.15) is 0 Å². The fraction of sp³-hybridized carbons (Fsp3) is 0.351. The minimum atomic E-state index is -0.612. The van der Waals surface area contributed by atoms with E-state index >= 15 is 4.39 Å². The number of allylic oxidation sites excluding steroid dienone is 2. The standard InChI is InChI=1S/C37H39ClFN5O4/c1-6-8-25(36(47)43(3)4)34(46)40-27-10-7-9-23(21(27)2)32-26(39)13-12-24(33(32)38)28-19-22-11-14-29(31(22)35(41-28)48-5)44-18-17-37(20-44)16-15-30(45)42-37/h6-10,12-13,19,29H,1,11,14-18,20H2,2-5H3,(H,40,46)(H,42,45)/b25-8-. The molecule has 6 rings (SSSR count). The number of likely N-dealkylation sites (tertiary alicyclic amines) is 1. The van der Waals surface area contributed by atoms with E-state index in [4.69, 9.17) is 21.3 Å². The van der Waals surface area contributed by atoms with Gasteiger partial charge in [-0.15, -0.1) is 0 Å². The summed E-state index contributed by atoms with van der Waals surface area (Å²) in [7, 11) is 4.72. The van der Waals surface area contributed by atoms with Crippen LogP contribution in [0.5, 0.6) is 5.88 Å². The van der Waals surface area contributed by atoms with E-state index in [9.17, 15) is 14.4 Å². The van der Waals surface area contributed by atoms with Crippen LogP contribution in [0.3, 0.4) is 0 Å². The molecule has 3 amide bonds. The number of nitrogens with one attached hydrogen (secondary N) is 2. The number of aromatic nitrogens is 1. The Balaban J connectivity index is 1.32. The van der Waals surface area contributed by atoms with Crippen molar-refractivity contribution < 1.29 is 23.5 Å². The fourth-order valence-electron chi connectivity index (χ4n) is 7.32. The molecule has 1 spiro atoms. The van der Waals surface area contributed by atoms with Crippen LogP contribution >= 0.6 is 11.6 Å². The number of methoxy groups -OCH3 is 1. The molecule has 2 saturated heterocycles. The monoisotopic (exact) mass is 671 g/mol. The van der Waals surface area contributed by atoms with Gasteiger partial charge in [0.05, 0.1) is 23.4 Å². The molecule has 2 atom stereocenters. The Morgan fingerprint density at radius 2 is 2.00 bits per heavy atom. The van der Waals surface area contributed by atoms with Crippen LogP contribution in [0.2, 0.25) is 5.02 Å². The summed E-state index contributed by atoms with van der Waals surface area (Å²) in [5.41, 5.74) is 4.69. The van der Waals surface area contributed by atoms with Gasteiger partial charge >= 0.3 is 0 Å². The highest BCUT2D eigenvalue weighted by Crippen LogP contribution is 2.47. The number of nitrogens with zero attached hydrogens (tertiary/aromatic N) is 3. The Morgan fingerprint density at radius 3 is 2.69 bits per heavy atom. The third-order valence-electron chi connectivity index (χ3n) is 9.77. The van der Waals surface area contributed by atoms with Gasteiger partial charge in [-0.3, -0.25) is 19.3 Å². The molecule has 2 aromatic carbocycles. The van der Waals surface area contributed by atoms with Crippen molar-refractivity contribution in [2.45, 2.75) is 50.6 Å². The topological polar surface area (TPSA) is 104 Å². The number of ether oxygens (including phenoxy) is 1. The smallest absolute Gasteiger partial charge is 0.261 e. The van der Waals surface area contributed by atoms with Crippen LogP contribution in [0.15, 0.2) is 60.7 Å². The molecule has 2 aliphatic heterocycles. The summed E-state index contributed by atoms with van der Waals surface area (Å²) >= 11 is 7.02. The maximum absolute atomic E-state index is 15.6. The number of anilines is 1. The Hall–Kier alpha value is -4.54. The molecule has 3 aliphatic rings. The quantitative estimate of drug-likeness (QED) is 0.132. The third kappa shape index (κ3) is 5.99. The number of benzene rings is 2. The summed E-state index contributed by atoms with van der Waals surface area (Å²) in [6.07, 6.45) is 6.83. The Bertz CT molecular complexity index is 1870. The van der Waals surface area contributed by atoms with E-state index in [1.807, 2.05) is 6.07 Å². The molecule has 1 aromatic heterocycles. The lowest BCUT2D eigenvalue weighted by Gasteiger charge is -2.28. The maximum Gasteiger partial charge on any atom is 0.261 e. The van der Waals surface area contributed by atoms with Crippen molar-refractivity contribution in [1.82, 2.24) is 20.1 Å². The lowest BCUT2D eigenvalue weighted by molar-refractivity contribution is -0.127. The van der Waals surface area contributed by atoms with Crippen molar-refractivity contribution in [2.75, 3.05) is 39.6 Å². The van der Waals surface area contributed by atoms with E-state index in [0.29, 0.717) is 40.4 Å². The van der Waals surface area contributed by atoms with Gasteiger partial charge in [0.1, 0.15) is 11.4 Å². The number of rotatable bonds is 8. The molecule has 1 aliphatic carbocycles. The molecule has 3 aromatic rings. The number of aryl methyl sites for hydroxylation is 1. The van der Waals surface area contributed by atoms with Crippen LogP contribution in [0.4, 0.5) is 10.1 Å². The summed E-state index contributed by atoms with van der Waals surface area (Å²) in [6, 6.07) is 10.2. The van der Waals surface area contributed by atoms with E-state index < -0.39 is 17.6 Å². The number of hydrogen-bond donors (Lipinski definition) is 2. The summed E-state index contributed by atoms with van der Waals surface area (Å²) in [5.74, 6) is -0.973. The van der Waals surface area contributed by atoms with E-state index in [-0.39, 0.29) is 33.6 Å². The number of carbonyl (C=O) groups excluding carboxylic acids is 3. The highest BCUT2D eigenvalue weighted by atomic mass is 35.5. The SMILES string of the molecule is C=C/C=C(/C(=O)Nc1cccc(-c2c(F)ccc(-c3cc4c(c(OC)n3)C(N3CCC5(CCC(=O)N5)C3)CC4)c2Cl)c1C)C(=O)N(C)C. The van der Waals surface area contributed by atoms with Crippen molar-refractivity contribution in [1.29, 1.82) is 0 Å². The molecule has 2 N–H and O–H groups in total. The largest absolute Gasteiger partial charge is 0.481 e. The van der Waals surface area contributed by atoms with Crippen molar-refractivity contribution in [3.05, 3.63) is 88.2 Å². The van der Waals surface area contributed by atoms with E-state index in [0.717, 1.165) is 49.9 Å². The second-order valence-corrected chi connectivity index (χ2v) is 13.3. The summed E-state index contributed by atoms with van der Waals surface area (Å²) in [5, 5.41) is 6.19. The zero-order chi connectivity index (χ0) is 34.3. The molecule has 0 bridgehead atoms. The van der Waals surface area contributed by atoms with Crippen LogP contribution in [0.1, 0.15) is 48.4 Å². The van der Waals surface area contributed by atoms with Gasteiger partial charge in [0, 0.05) is 62.0 Å². The van der Waals surface area contributed by atoms with Crippen molar-refractivity contribution in [2.24, 2.45) is 0 Å². The normalized spacial score (nSPS) is 20.5. The second-order valence-electron chi connectivity index (χ2n) is 12.9. The lowest BCUT2D eigenvalue weighted by Crippen LogP contribution is -2.44. The highest BCUT2D eigenvalue weighted by Gasteiger charge is 2.46. The molecule has 11 heteroatoms. The van der Waals surface area contributed by atoms with Crippen LogP contribution in [0.25, 0.3) is 22.4 Å². The van der Waals surface area contributed by atoms with Crippen LogP contribution in [-0.4, -0.2) is 72.3 Å². The molecular weight excluding hydrogens is 633 g/mol. The maximum atomic E-state index is 15.6. The van der Waals surface area contributed by atoms with E-state index in [2.05, 4.69) is 22.1 Å². The van der Waals surface area contributed by atoms with Crippen LogP contribution in [0, 0.1) is 12.7 Å². The number of halogens is 2. The Kier molecular flexibility index (Phi) is 9.15. The highest BCUT2D eigenvalue weighted by molar-refractivity contribution is 6.36. The number of fused-ring (bicyclic) bond motifs is 1. The molecule has 0 saturated carbocycles. The predicted molar refractivity (Wildman–Crippen MR) is 184 cm³/mol. The zero-order valence-electron chi connectivity index (χ0n) is 27.6. The number of amides is 3. The molecule has 2 fully saturated rings. The molecule has 250 valence electrons. The van der Waals surface area contributed by atoms with Gasteiger partial charge in [0.25, 0.3) is 11.8 Å². The minimum absolute atomic E-state index is 0.0839. The van der Waals surface area contributed by atoms with Gasteiger partial charge in [0.15, 0.2) is 0 Å².